The van der Waals surface area contributed by atoms with E-state index in [2.05, 4.69) is 15.6 Å². The number of nitrogens with one attached hydrogen (secondary N) is 3. The van der Waals surface area contributed by atoms with E-state index in [4.69, 9.17) is 0 Å². The lowest BCUT2D eigenvalue weighted by atomic mass is 10.1. The summed E-state index contributed by atoms with van der Waals surface area (Å²) in [6.45, 7) is 1.32. The van der Waals surface area contributed by atoms with Crippen LogP contribution in [0.25, 0.3) is 10.8 Å². The molecule has 3 rings (SSSR count). The normalized spacial score (nSPS) is 15.4. The summed E-state index contributed by atoms with van der Waals surface area (Å²) in [5.74, 6) is -0.236. The average Bonchev–Trinajstić information content (AvgIpc) is 2.87. The lowest BCUT2D eigenvalue weighted by Crippen LogP contribution is -2.37. The molecule has 0 unspecified atom stereocenters. The summed E-state index contributed by atoms with van der Waals surface area (Å²) in [6, 6.07) is 9.58. The van der Waals surface area contributed by atoms with Gasteiger partial charge in [0.15, 0.2) is 0 Å². The second kappa shape index (κ2) is 9.59. The number of carbonyl (C=O) groups excluding carboxylic acids is 1. The second-order valence-electron chi connectivity index (χ2n) is 6.50. The van der Waals surface area contributed by atoms with E-state index < -0.39 is 0 Å². The fraction of sp³-hybridized carbons (Fsp3) is 0.474. The molecule has 25 heavy (non-hydrogen) atoms. The van der Waals surface area contributed by atoms with Crippen LogP contribution in [0.2, 0.25) is 0 Å². The minimum Gasteiger partial charge on any atom is -0.349 e. The molecule has 136 valence electrons. The molecule has 2 aromatic rings. The summed E-state index contributed by atoms with van der Waals surface area (Å²) in [7, 11) is 0. The third-order valence-electron chi connectivity index (χ3n) is 4.70. The third-order valence-corrected chi connectivity index (χ3v) is 4.70. The molecule has 0 radical (unpaired) electrons. The average molecular weight is 364 g/mol. The largest absolute Gasteiger partial charge is 0.349 e. The van der Waals surface area contributed by atoms with Gasteiger partial charge in [0.25, 0.3) is 11.5 Å². The van der Waals surface area contributed by atoms with Gasteiger partial charge in [0, 0.05) is 24.5 Å². The van der Waals surface area contributed by atoms with Gasteiger partial charge < -0.3 is 15.6 Å². The highest BCUT2D eigenvalue weighted by Gasteiger charge is 2.12. The van der Waals surface area contributed by atoms with E-state index in [1.165, 1.54) is 38.5 Å². The van der Waals surface area contributed by atoms with Crippen molar-refractivity contribution in [1.82, 2.24) is 15.6 Å². The molecule has 5 nitrogen and oxygen atoms in total. The number of amides is 1. The highest BCUT2D eigenvalue weighted by Crippen LogP contribution is 2.16. The molecule has 1 aromatic carbocycles. The Kier molecular flexibility index (Phi) is 7.47. The molecule has 0 spiro atoms. The smallest absolute Gasteiger partial charge is 0.267 e. The number of pyridine rings is 1. The number of benzene rings is 1. The Hall–Kier alpha value is -1.85. The predicted molar refractivity (Wildman–Crippen MR) is 104 cm³/mol. The number of hydrogen-bond donors (Lipinski definition) is 3. The monoisotopic (exact) mass is 363 g/mol. The number of fused-ring (bicyclic) bond motifs is 1. The van der Waals surface area contributed by atoms with Crippen molar-refractivity contribution >= 4 is 29.1 Å². The highest BCUT2D eigenvalue weighted by molar-refractivity contribution is 5.96. The molecule has 0 aliphatic heterocycles. The molecule has 1 aliphatic carbocycles. The van der Waals surface area contributed by atoms with Crippen LogP contribution in [0.4, 0.5) is 0 Å². The van der Waals surface area contributed by atoms with E-state index in [1.807, 2.05) is 18.2 Å². The molecule has 0 saturated heterocycles. The minimum absolute atomic E-state index is 0. The Labute approximate surface area is 154 Å². The van der Waals surface area contributed by atoms with Crippen molar-refractivity contribution in [2.24, 2.45) is 0 Å². The van der Waals surface area contributed by atoms with Gasteiger partial charge in [0.1, 0.15) is 5.69 Å². The third kappa shape index (κ3) is 5.31. The Morgan fingerprint density at radius 3 is 2.56 bits per heavy atom. The zero-order chi connectivity index (χ0) is 16.8. The van der Waals surface area contributed by atoms with Gasteiger partial charge in [-0.1, -0.05) is 43.9 Å². The molecule has 0 atom stereocenters. The van der Waals surface area contributed by atoms with E-state index in [9.17, 15) is 9.59 Å². The van der Waals surface area contributed by atoms with E-state index in [1.54, 1.807) is 12.1 Å². The molecule has 3 N–H and O–H groups in total. The Morgan fingerprint density at radius 1 is 1.08 bits per heavy atom. The predicted octanol–water partition coefficient (Wildman–Crippen LogP) is 2.99. The van der Waals surface area contributed by atoms with Crippen molar-refractivity contribution in [1.29, 1.82) is 0 Å². The van der Waals surface area contributed by atoms with Crippen LogP contribution in [-0.2, 0) is 0 Å². The van der Waals surface area contributed by atoms with E-state index in [0.717, 1.165) is 11.9 Å². The summed E-state index contributed by atoms with van der Waals surface area (Å²) in [5.41, 5.74) is 0.0861. The van der Waals surface area contributed by atoms with Crippen LogP contribution in [0, 0.1) is 0 Å². The van der Waals surface area contributed by atoms with Crippen molar-refractivity contribution < 1.29 is 4.79 Å². The first-order chi connectivity index (χ1) is 11.7. The van der Waals surface area contributed by atoms with Crippen LogP contribution in [0.15, 0.2) is 35.1 Å². The fourth-order valence-corrected chi connectivity index (χ4v) is 3.36. The van der Waals surface area contributed by atoms with Gasteiger partial charge in [-0.25, -0.2) is 0 Å². The maximum absolute atomic E-state index is 12.2. The first kappa shape index (κ1) is 19.5. The van der Waals surface area contributed by atoms with E-state index in [-0.39, 0.29) is 23.9 Å². The maximum atomic E-state index is 12.2. The van der Waals surface area contributed by atoms with Crippen molar-refractivity contribution in [3.63, 3.8) is 0 Å². The molecular weight excluding hydrogens is 338 g/mol. The van der Waals surface area contributed by atoms with Crippen molar-refractivity contribution in [2.75, 3.05) is 13.1 Å². The van der Waals surface area contributed by atoms with Crippen molar-refractivity contribution in [3.8, 4) is 0 Å². The summed E-state index contributed by atoms with van der Waals surface area (Å²) < 4.78 is 0. The van der Waals surface area contributed by atoms with E-state index >= 15 is 0 Å². The molecule has 1 amide bonds. The second-order valence-corrected chi connectivity index (χ2v) is 6.50. The quantitative estimate of drug-likeness (QED) is 0.564. The minimum atomic E-state index is -0.236. The van der Waals surface area contributed by atoms with Crippen LogP contribution in [-0.4, -0.2) is 30.0 Å². The number of aromatic amines is 1. The first-order valence-corrected chi connectivity index (χ1v) is 8.88. The SMILES string of the molecule is Cl.O=C(NCCNC1CCCCCC1)c1cc2ccccc2c(=O)[nH]1. The highest BCUT2D eigenvalue weighted by atomic mass is 35.5. The van der Waals surface area contributed by atoms with E-state index in [0.29, 0.717) is 23.7 Å². The van der Waals surface area contributed by atoms with Crippen LogP contribution in [0.3, 0.4) is 0 Å². The summed E-state index contributed by atoms with van der Waals surface area (Å²) in [4.78, 5) is 26.9. The van der Waals surface area contributed by atoms with Crippen molar-refractivity contribution in [3.05, 3.63) is 46.4 Å². The van der Waals surface area contributed by atoms with Crippen LogP contribution >= 0.6 is 12.4 Å². The zero-order valence-electron chi connectivity index (χ0n) is 14.3. The lowest BCUT2D eigenvalue weighted by molar-refractivity contribution is 0.0948. The molecule has 1 aliphatic rings. The van der Waals surface area contributed by atoms with Gasteiger partial charge >= 0.3 is 0 Å². The van der Waals surface area contributed by atoms with Crippen LogP contribution < -0.4 is 16.2 Å². The number of hydrogen-bond acceptors (Lipinski definition) is 3. The van der Waals surface area contributed by atoms with Crippen LogP contribution in [0.1, 0.15) is 49.0 Å². The van der Waals surface area contributed by atoms with Crippen LogP contribution in [0.5, 0.6) is 0 Å². The molecule has 1 heterocycles. The Balaban J connectivity index is 0.00000225. The van der Waals surface area contributed by atoms with Gasteiger partial charge in [-0.2, -0.15) is 0 Å². The first-order valence-electron chi connectivity index (χ1n) is 8.88. The van der Waals surface area contributed by atoms with Crippen molar-refractivity contribution in [2.45, 2.75) is 44.6 Å². The van der Waals surface area contributed by atoms with Gasteiger partial charge in [-0.15, -0.1) is 12.4 Å². The van der Waals surface area contributed by atoms with Gasteiger partial charge in [-0.3, -0.25) is 9.59 Å². The summed E-state index contributed by atoms with van der Waals surface area (Å²) in [6.07, 6.45) is 7.72. The molecule has 1 saturated carbocycles. The summed E-state index contributed by atoms with van der Waals surface area (Å²) in [5, 5.41) is 7.78. The molecule has 6 heteroatoms. The topological polar surface area (TPSA) is 74.0 Å². The number of carbonyl (C=O) groups is 1. The number of aromatic nitrogens is 1. The standard InChI is InChI=1S/C19H25N3O2.ClH/c23-18-16-10-6-5-7-14(16)13-17(22-18)19(24)21-12-11-20-15-8-3-1-2-4-9-15;/h5-7,10,13,15,20H,1-4,8-9,11-12H2,(H,21,24)(H,22,23);1H. The fourth-order valence-electron chi connectivity index (χ4n) is 3.36. The molecule has 1 fully saturated rings. The molecular formula is C19H26ClN3O2. The molecule has 1 aromatic heterocycles. The Bertz CT molecular complexity index is 752. The summed E-state index contributed by atoms with van der Waals surface area (Å²) >= 11 is 0. The Morgan fingerprint density at radius 2 is 1.80 bits per heavy atom. The van der Waals surface area contributed by atoms with Gasteiger partial charge in [0.05, 0.1) is 0 Å². The zero-order valence-corrected chi connectivity index (χ0v) is 15.2. The number of halogens is 1. The number of H-pyrrole nitrogens is 1. The molecule has 0 bridgehead atoms. The number of rotatable bonds is 5. The van der Waals surface area contributed by atoms with Gasteiger partial charge in [0.2, 0.25) is 0 Å². The van der Waals surface area contributed by atoms with Gasteiger partial charge in [-0.05, 0) is 30.4 Å². The maximum Gasteiger partial charge on any atom is 0.267 e. The lowest BCUT2D eigenvalue weighted by Gasteiger charge is -2.16.